The largest absolute Gasteiger partial charge is 0.463 e. The molecular formula is C66H125NO4. The van der Waals surface area contributed by atoms with Crippen LogP contribution in [0.1, 0.15) is 355 Å². The van der Waals surface area contributed by atoms with E-state index in [9.17, 15) is 14.7 Å². The third-order valence-corrected chi connectivity index (χ3v) is 14.8. The zero-order valence-corrected chi connectivity index (χ0v) is 48.3. The van der Waals surface area contributed by atoms with Crippen LogP contribution in [0, 0.1) is 0 Å². The molecule has 0 aromatic rings. The van der Waals surface area contributed by atoms with Gasteiger partial charge < -0.3 is 15.2 Å². The highest BCUT2D eigenvalue weighted by atomic mass is 16.5. The molecule has 1 amide bonds. The van der Waals surface area contributed by atoms with E-state index in [2.05, 4.69) is 50.4 Å². The molecule has 2 atom stereocenters. The summed E-state index contributed by atoms with van der Waals surface area (Å²) < 4.78 is 5.69. The van der Waals surface area contributed by atoms with Crippen LogP contribution in [0.5, 0.6) is 0 Å². The number of allylic oxidation sites excluding steroid dienone is 5. The number of rotatable bonds is 59. The summed E-state index contributed by atoms with van der Waals surface area (Å²) in [5, 5.41) is 14.2. The Bertz CT molecular complexity index is 1150. The number of carbonyl (C=O) groups is 2. The molecule has 0 unspecified atom stereocenters. The zero-order chi connectivity index (χ0) is 51.4. The Kier molecular flexibility index (Phi) is 59.1. The molecule has 0 aliphatic rings. The molecule has 0 spiro atoms. The van der Waals surface area contributed by atoms with Gasteiger partial charge in [0.15, 0.2) is 0 Å². The number of aliphatic hydroxyl groups excluding tert-OH is 1. The minimum absolute atomic E-state index is 0.0147. The SMILES string of the molecule is CCCCCCCC/C=C\CCCCCCCCCCCCCC(=O)N[C@@H](COC(=O)CCCCCCCCCCCCC/C=C\CCCCCCCC)[C@H](O)/C=C/CCCCCCCCCCCCC. The fraction of sp³-hybridized carbons (Fsp3) is 0.879. The summed E-state index contributed by atoms with van der Waals surface area (Å²) in [6, 6.07) is -0.622. The van der Waals surface area contributed by atoms with Crippen molar-refractivity contribution in [2.24, 2.45) is 0 Å². The first-order chi connectivity index (χ1) is 35.0. The van der Waals surface area contributed by atoms with Gasteiger partial charge in [-0.15, -0.1) is 0 Å². The highest BCUT2D eigenvalue weighted by Gasteiger charge is 2.21. The lowest BCUT2D eigenvalue weighted by Gasteiger charge is -2.22. The lowest BCUT2D eigenvalue weighted by Crippen LogP contribution is -2.46. The van der Waals surface area contributed by atoms with Gasteiger partial charge in [-0.25, -0.2) is 0 Å². The van der Waals surface area contributed by atoms with E-state index in [1.165, 1.54) is 276 Å². The third-order valence-electron chi connectivity index (χ3n) is 14.8. The molecule has 0 rings (SSSR count). The Morgan fingerprint density at radius 3 is 0.915 bits per heavy atom. The van der Waals surface area contributed by atoms with E-state index >= 15 is 0 Å². The number of hydrogen-bond acceptors (Lipinski definition) is 4. The van der Waals surface area contributed by atoms with Crippen molar-refractivity contribution in [2.75, 3.05) is 6.61 Å². The van der Waals surface area contributed by atoms with Gasteiger partial charge in [-0.05, 0) is 77.0 Å². The first-order valence-electron chi connectivity index (χ1n) is 32.1. The average molecular weight is 997 g/mol. The Labute approximate surface area is 444 Å². The molecule has 0 aromatic carbocycles. The van der Waals surface area contributed by atoms with Gasteiger partial charge in [-0.2, -0.15) is 0 Å². The van der Waals surface area contributed by atoms with Crippen LogP contribution in [-0.4, -0.2) is 35.7 Å². The van der Waals surface area contributed by atoms with Gasteiger partial charge in [0, 0.05) is 12.8 Å². The lowest BCUT2D eigenvalue weighted by atomic mass is 10.0. The van der Waals surface area contributed by atoms with Crippen molar-refractivity contribution in [3.63, 3.8) is 0 Å². The molecule has 5 nitrogen and oxygen atoms in total. The molecule has 0 saturated carbocycles. The van der Waals surface area contributed by atoms with Crippen LogP contribution < -0.4 is 5.32 Å². The fourth-order valence-electron chi connectivity index (χ4n) is 9.87. The Morgan fingerprint density at radius 1 is 0.352 bits per heavy atom. The van der Waals surface area contributed by atoms with Crippen molar-refractivity contribution in [1.82, 2.24) is 5.32 Å². The maximum absolute atomic E-state index is 13.1. The first-order valence-corrected chi connectivity index (χ1v) is 32.1. The number of esters is 1. The lowest BCUT2D eigenvalue weighted by molar-refractivity contribution is -0.146. The number of nitrogens with one attached hydrogen (secondary N) is 1. The smallest absolute Gasteiger partial charge is 0.305 e. The second-order valence-corrected chi connectivity index (χ2v) is 22.0. The van der Waals surface area contributed by atoms with Crippen LogP contribution in [-0.2, 0) is 14.3 Å². The van der Waals surface area contributed by atoms with Crippen molar-refractivity contribution in [2.45, 2.75) is 367 Å². The standard InChI is InChI=1S/C66H125NO4/c1-4-7-10-13-16-19-22-25-27-29-31-33-35-37-39-42-45-48-51-54-57-60-65(69)67-63(64(68)59-56-53-50-47-44-41-24-21-18-15-12-9-6-3)62-71-66(70)61-58-55-52-49-46-43-40-38-36-34-32-30-28-26-23-20-17-14-11-8-5-2/h25-28,56,59,63-64,68H,4-24,29-55,57-58,60-62H2,1-3H3,(H,67,69)/b27-25-,28-26-,59-56+/t63-,64+/m0/s1. The molecule has 0 fully saturated rings. The van der Waals surface area contributed by atoms with Crippen LogP contribution in [0.25, 0.3) is 0 Å². The van der Waals surface area contributed by atoms with Gasteiger partial charge in [0.1, 0.15) is 6.61 Å². The predicted octanol–water partition coefficient (Wildman–Crippen LogP) is 21.4. The maximum Gasteiger partial charge on any atom is 0.305 e. The molecule has 0 aliphatic heterocycles. The monoisotopic (exact) mass is 996 g/mol. The number of hydrogen-bond donors (Lipinski definition) is 2. The van der Waals surface area contributed by atoms with E-state index in [1.54, 1.807) is 0 Å². The van der Waals surface area contributed by atoms with Crippen molar-refractivity contribution in [3.8, 4) is 0 Å². The summed E-state index contributed by atoms with van der Waals surface area (Å²) in [4.78, 5) is 25.8. The van der Waals surface area contributed by atoms with Gasteiger partial charge in [-0.3, -0.25) is 9.59 Å². The number of carbonyl (C=O) groups excluding carboxylic acids is 2. The minimum atomic E-state index is -0.877. The molecule has 0 heterocycles. The van der Waals surface area contributed by atoms with E-state index in [0.29, 0.717) is 12.8 Å². The van der Waals surface area contributed by atoms with Crippen LogP contribution >= 0.6 is 0 Å². The number of amides is 1. The van der Waals surface area contributed by atoms with Crippen LogP contribution in [0.2, 0.25) is 0 Å². The quantitative estimate of drug-likeness (QED) is 0.0362. The van der Waals surface area contributed by atoms with E-state index in [1.807, 2.05) is 12.2 Å². The van der Waals surface area contributed by atoms with Gasteiger partial charge in [0.25, 0.3) is 0 Å². The Balaban J connectivity index is 4.29. The second kappa shape index (κ2) is 60.7. The molecule has 418 valence electrons. The molecule has 0 aromatic heterocycles. The molecule has 0 aliphatic carbocycles. The number of unbranched alkanes of at least 4 members (excludes halogenated alkanes) is 45. The molecule has 2 N–H and O–H groups in total. The van der Waals surface area contributed by atoms with E-state index in [0.717, 1.165) is 44.9 Å². The summed E-state index contributed by atoms with van der Waals surface area (Å²) in [7, 11) is 0. The summed E-state index contributed by atoms with van der Waals surface area (Å²) in [5.74, 6) is -0.282. The maximum atomic E-state index is 13.1. The Morgan fingerprint density at radius 2 is 0.606 bits per heavy atom. The summed E-state index contributed by atoms with van der Waals surface area (Å²) in [5.41, 5.74) is 0. The van der Waals surface area contributed by atoms with Crippen LogP contribution in [0.4, 0.5) is 0 Å². The van der Waals surface area contributed by atoms with Crippen molar-refractivity contribution >= 4 is 11.9 Å². The van der Waals surface area contributed by atoms with Gasteiger partial charge >= 0.3 is 5.97 Å². The average Bonchev–Trinajstić information content (AvgIpc) is 3.37. The third kappa shape index (κ3) is 57.3. The van der Waals surface area contributed by atoms with Crippen LogP contribution in [0.3, 0.4) is 0 Å². The second-order valence-electron chi connectivity index (χ2n) is 22.0. The highest BCUT2D eigenvalue weighted by molar-refractivity contribution is 5.76. The molecular weight excluding hydrogens is 871 g/mol. The highest BCUT2D eigenvalue weighted by Crippen LogP contribution is 2.17. The molecule has 5 heteroatoms. The summed E-state index contributed by atoms with van der Waals surface area (Å²) >= 11 is 0. The molecule has 0 radical (unpaired) electrons. The summed E-state index contributed by atoms with van der Waals surface area (Å²) in [6.07, 6.45) is 77.8. The molecule has 0 bridgehead atoms. The van der Waals surface area contributed by atoms with Gasteiger partial charge in [0.05, 0.1) is 12.1 Å². The molecule has 0 saturated heterocycles. The predicted molar refractivity (Wildman–Crippen MR) is 313 cm³/mol. The van der Waals surface area contributed by atoms with E-state index < -0.39 is 12.1 Å². The van der Waals surface area contributed by atoms with Gasteiger partial charge in [0.2, 0.25) is 5.91 Å². The fourth-order valence-corrected chi connectivity index (χ4v) is 9.87. The minimum Gasteiger partial charge on any atom is -0.463 e. The number of aliphatic hydroxyl groups is 1. The van der Waals surface area contributed by atoms with E-state index in [4.69, 9.17) is 4.74 Å². The van der Waals surface area contributed by atoms with E-state index in [-0.39, 0.29) is 18.5 Å². The summed E-state index contributed by atoms with van der Waals surface area (Å²) in [6.45, 7) is 6.86. The number of ether oxygens (including phenoxy) is 1. The van der Waals surface area contributed by atoms with Crippen molar-refractivity contribution < 1.29 is 19.4 Å². The first kappa shape index (κ1) is 69.1. The normalized spacial score (nSPS) is 12.8. The zero-order valence-electron chi connectivity index (χ0n) is 48.3. The van der Waals surface area contributed by atoms with Crippen LogP contribution in [0.15, 0.2) is 36.5 Å². The topological polar surface area (TPSA) is 75.6 Å². The van der Waals surface area contributed by atoms with Crippen molar-refractivity contribution in [1.29, 1.82) is 0 Å². The van der Waals surface area contributed by atoms with Gasteiger partial charge in [-0.1, -0.05) is 301 Å². The Hall–Kier alpha value is -1.88. The van der Waals surface area contributed by atoms with Crippen molar-refractivity contribution in [3.05, 3.63) is 36.5 Å². The molecule has 71 heavy (non-hydrogen) atoms.